The van der Waals surface area contributed by atoms with Crippen LogP contribution >= 0.6 is 12.4 Å². The number of aryl methyl sites for hydroxylation is 1. The van der Waals surface area contributed by atoms with Gasteiger partial charge in [-0.15, -0.1) is 12.4 Å². The van der Waals surface area contributed by atoms with Gasteiger partial charge >= 0.3 is 0 Å². The highest BCUT2D eigenvalue weighted by molar-refractivity contribution is 7.89. The van der Waals surface area contributed by atoms with Crippen LogP contribution < -0.4 is 10.0 Å². The van der Waals surface area contributed by atoms with Crippen molar-refractivity contribution in [3.63, 3.8) is 0 Å². The van der Waals surface area contributed by atoms with Gasteiger partial charge in [0.2, 0.25) is 10.0 Å². The number of nitrogens with zero attached hydrogens (tertiary/aromatic N) is 1. The van der Waals surface area contributed by atoms with Gasteiger partial charge in [0.25, 0.3) is 5.69 Å². The van der Waals surface area contributed by atoms with Gasteiger partial charge in [0, 0.05) is 18.7 Å². The van der Waals surface area contributed by atoms with Crippen molar-refractivity contribution in [1.82, 2.24) is 10.0 Å². The van der Waals surface area contributed by atoms with Crippen molar-refractivity contribution in [3.8, 4) is 0 Å². The Hall–Kier alpha value is -1.22. The smallest absolute Gasteiger partial charge is 0.270 e. The van der Waals surface area contributed by atoms with E-state index in [1.165, 1.54) is 12.1 Å². The Morgan fingerprint density at radius 2 is 2.17 bits per heavy atom. The van der Waals surface area contributed by atoms with E-state index in [0.717, 1.165) is 32.0 Å². The Balaban J connectivity index is 0.00000264. The fourth-order valence-corrected chi connectivity index (χ4v) is 4.05. The molecule has 0 aliphatic carbocycles. The fraction of sp³-hybridized carbons (Fsp3) is 0.571. The number of nitrogens with one attached hydrogen (secondary N) is 2. The molecule has 1 aromatic carbocycles. The third kappa shape index (κ3) is 5.13. The van der Waals surface area contributed by atoms with Crippen LogP contribution in [0.4, 0.5) is 5.69 Å². The summed E-state index contributed by atoms with van der Waals surface area (Å²) in [5, 5.41) is 14.1. The van der Waals surface area contributed by atoms with E-state index in [1.807, 2.05) is 6.92 Å². The molecule has 1 fully saturated rings. The summed E-state index contributed by atoms with van der Waals surface area (Å²) >= 11 is 0. The van der Waals surface area contributed by atoms with Crippen LogP contribution in [0.25, 0.3) is 0 Å². The molecule has 2 N–H and O–H groups in total. The first-order valence-electron chi connectivity index (χ1n) is 7.41. The van der Waals surface area contributed by atoms with E-state index in [2.05, 4.69) is 10.0 Å². The van der Waals surface area contributed by atoms with Crippen molar-refractivity contribution >= 4 is 28.1 Å². The molecular weight excluding hydrogens is 342 g/mol. The Morgan fingerprint density at radius 1 is 1.43 bits per heavy atom. The molecule has 0 radical (unpaired) electrons. The zero-order valence-corrected chi connectivity index (χ0v) is 14.6. The molecule has 7 nitrogen and oxygen atoms in total. The quantitative estimate of drug-likeness (QED) is 0.593. The standard InChI is InChI=1S/C14H21N3O4S.ClH/c1-2-12-5-6-13(17(18)19)8-14(12)22(20,21)16-10-11-4-3-7-15-9-11;/h5-6,8,11,15-16H,2-4,7,9-10H2,1H3;1H. The Kier molecular flexibility index (Phi) is 7.40. The van der Waals surface area contributed by atoms with Gasteiger partial charge in [-0.1, -0.05) is 13.0 Å². The summed E-state index contributed by atoms with van der Waals surface area (Å²) in [6.07, 6.45) is 2.51. The zero-order chi connectivity index (χ0) is 16.2. The van der Waals surface area contributed by atoms with Gasteiger partial charge in [0.05, 0.1) is 9.82 Å². The molecule has 1 aromatic rings. The van der Waals surface area contributed by atoms with E-state index >= 15 is 0 Å². The number of benzene rings is 1. The monoisotopic (exact) mass is 363 g/mol. The van der Waals surface area contributed by atoms with Crippen molar-refractivity contribution in [2.45, 2.75) is 31.1 Å². The molecule has 23 heavy (non-hydrogen) atoms. The van der Waals surface area contributed by atoms with Crippen LogP contribution in [0.5, 0.6) is 0 Å². The van der Waals surface area contributed by atoms with Gasteiger partial charge in [-0.25, -0.2) is 13.1 Å². The summed E-state index contributed by atoms with van der Waals surface area (Å²) in [5.74, 6) is 0.257. The topological polar surface area (TPSA) is 101 Å². The lowest BCUT2D eigenvalue weighted by Crippen LogP contribution is -2.38. The van der Waals surface area contributed by atoms with Crippen LogP contribution in [-0.2, 0) is 16.4 Å². The molecule has 130 valence electrons. The zero-order valence-electron chi connectivity index (χ0n) is 12.9. The SMILES string of the molecule is CCc1ccc([N+](=O)[O-])cc1S(=O)(=O)NCC1CCCNC1.Cl. The lowest BCUT2D eigenvalue weighted by Gasteiger charge is -2.23. The molecule has 1 heterocycles. The number of nitro groups is 1. The number of sulfonamides is 1. The van der Waals surface area contributed by atoms with Gasteiger partial charge in [0.1, 0.15) is 0 Å². The number of hydrogen-bond donors (Lipinski definition) is 2. The summed E-state index contributed by atoms with van der Waals surface area (Å²) in [6.45, 7) is 3.93. The molecule has 0 spiro atoms. The second-order valence-corrected chi connectivity index (χ2v) is 7.20. The second kappa shape index (κ2) is 8.58. The number of rotatable bonds is 6. The molecule has 0 aromatic heterocycles. The van der Waals surface area contributed by atoms with E-state index in [0.29, 0.717) is 18.5 Å². The van der Waals surface area contributed by atoms with Crippen LogP contribution in [0.2, 0.25) is 0 Å². The lowest BCUT2D eigenvalue weighted by atomic mass is 10.0. The number of non-ortho nitro benzene ring substituents is 1. The average Bonchev–Trinajstić information content (AvgIpc) is 2.53. The maximum Gasteiger partial charge on any atom is 0.270 e. The van der Waals surface area contributed by atoms with Crippen molar-refractivity contribution in [2.24, 2.45) is 5.92 Å². The highest BCUT2D eigenvalue weighted by atomic mass is 35.5. The first kappa shape index (κ1) is 19.8. The molecule has 1 saturated heterocycles. The van der Waals surface area contributed by atoms with Crippen LogP contribution in [-0.4, -0.2) is 33.0 Å². The lowest BCUT2D eigenvalue weighted by molar-refractivity contribution is -0.385. The minimum Gasteiger partial charge on any atom is -0.316 e. The summed E-state index contributed by atoms with van der Waals surface area (Å²) in [5.41, 5.74) is 0.372. The summed E-state index contributed by atoms with van der Waals surface area (Å²) in [4.78, 5) is 10.3. The number of nitro benzene ring substituents is 1. The molecule has 1 aliphatic rings. The van der Waals surface area contributed by atoms with E-state index in [4.69, 9.17) is 0 Å². The Bertz CT molecular complexity index is 645. The maximum absolute atomic E-state index is 12.5. The third-order valence-corrected chi connectivity index (χ3v) is 5.40. The van der Waals surface area contributed by atoms with Crippen LogP contribution in [0.1, 0.15) is 25.3 Å². The highest BCUT2D eigenvalue weighted by Crippen LogP contribution is 2.23. The summed E-state index contributed by atoms with van der Waals surface area (Å²) < 4.78 is 27.5. The highest BCUT2D eigenvalue weighted by Gasteiger charge is 2.23. The molecular formula is C14H22ClN3O4S. The van der Waals surface area contributed by atoms with E-state index in [-0.39, 0.29) is 28.9 Å². The van der Waals surface area contributed by atoms with Crippen molar-refractivity contribution < 1.29 is 13.3 Å². The molecule has 2 rings (SSSR count). The Morgan fingerprint density at radius 3 is 2.74 bits per heavy atom. The third-order valence-electron chi connectivity index (χ3n) is 3.89. The minimum absolute atomic E-state index is 0. The largest absolute Gasteiger partial charge is 0.316 e. The fourth-order valence-electron chi connectivity index (χ4n) is 2.60. The van der Waals surface area contributed by atoms with Crippen LogP contribution in [0.15, 0.2) is 23.1 Å². The number of hydrogen-bond acceptors (Lipinski definition) is 5. The minimum atomic E-state index is -3.74. The predicted octanol–water partition coefficient (Wildman–Crippen LogP) is 1.86. The van der Waals surface area contributed by atoms with E-state index in [9.17, 15) is 18.5 Å². The molecule has 9 heteroatoms. The van der Waals surface area contributed by atoms with E-state index < -0.39 is 14.9 Å². The van der Waals surface area contributed by atoms with Crippen LogP contribution in [0.3, 0.4) is 0 Å². The molecule has 1 aliphatic heterocycles. The Labute approximate surface area is 142 Å². The van der Waals surface area contributed by atoms with Crippen molar-refractivity contribution in [3.05, 3.63) is 33.9 Å². The van der Waals surface area contributed by atoms with Gasteiger partial charge < -0.3 is 5.32 Å². The van der Waals surface area contributed by atoms with E-state index in [1.54, 1.807) is 0 Å². The predicted molar refractivity (Wildman–Crippen MR) is 90.5 cm³/mol. The normalized spacial score (nSPS) is 18.2. The van der Waals surface area contributed by atoms with Gasteiger partial charge in [-0.2, -0.15) is 0 Å². The van der Waals surface area contributed by atoms with Gasteiger partial charge in [-0.05, 0) is 43.8 Å². The molecule has 1 atom stereocenters. The molecule has 0 bridgehead atoms. The molecule has 0 saturated carbocycles. The van der Waals surface area contributed by atoms with Gasteiger partial charge in [0.15, 0.2) is 0 Å². The number of piperidine rings is 1. The van der Waals surface area contributed by atoms with Gasteiger partial charge in [-0.3, -0.25) is 10.1 Å². The maximum atomic E-state index is 12.5. The van der Waals surface area contributed by atoms with Crippen molar-refractivity contribution in [1.29, 1.82) is 0 Å². The second-order valence-electron chi connectivity index (χ2n) is 5.47. The number of halogens is 1. The first-order chi connectivity index (χ1) is 10.4. The van der Waals surface area contributed by atoms with Crippen LogP contribution in [0, 0.1) is 16.0 Å². The average molecular weight is 364 g/mol. The molecule has 0 amide bonds. The first-order valence-corrected chi connectivity index (χ1v) is 8.90. The molecule has 1 unspecified atom stereocenters. The summed E-state index contributed by atoms with van der Waals surface area (Å²) in [6, 6.07) is 3.98. The van der Waals surface area contributed by atoms with Crippen molar-refractivity contribution in [2.75, 3.05) is 19.6 Å². The summed E-state index contributed by atoms with van der Waals surface area (Å²) in [7, 11) is -3.74.